The van der Waals surface area contributed by atoms with Gasteiger partial charge in [-0.3, -0.25) is 14.8 Å². The summed E-state index contributed by atoms with van der Waals surface area (Å²) in [6.45, 7) is 1.88. The van der Waals surface area contributed by atoms with Crippen molar-refractivity contribution in [2.45, 2.75) is 35.9 Å². The molecule has 0 unspecified atom stereocenters. The summed E-state index contributed by atoms with van der Waals surface area (Å²) in [6.07, 6.45) is 1.22. The van der Waals surface area contributed by atoms with Crippen LogP contribution >= 0.6 is 22.9 Å². The van der Waals surface area contributed by atoms with E-state index in [1.165, 1.54) is 60.9 Å². The van der Waals surface area contributed by atoms with Crippen molar-refractivity contribution in [3.05, 3.63) is 111 Å². The van der Waals surface area contributed by atoms with Crippen LogP contribution in [-0.4, -0.2) is 104 Å². The lowest BCUT2D eigenvalue weighted by atomic mass is 9.95. The number of nitrogens with one attached hydrogen (secondary N) is 1. The van der Waals surface area contributed by atoms with Crippen molar-refractivity contribution in [2.24, 2.45) is 4.99 Å². The Hall–Kier alpha value is -5.01. The van der Waals surface area contributed by atoms with Crippen LogP contribution < -0.4 is 15.0 Å². The first kappa shape index (κ1) is 38.8. The van der Waals surface area contributed by atoms with Crippen molar-refractivity contribution in [2.75, 3.05) is 51.3 Å². The molecule has 4 aromatic rings. The predicted octanol–water partition coefficient (Wildman–Crippen LogP) is 6.25. The molecule has 298 valence electrons. The number of ether oxygens (including phenoxy) is 2. The van der Waals surface area contributed by atoms with Crippen LogP contribution in [0.3, 0.4) is 0 Å². The number of amidine groups is 1. The number of alkyl halides is 2. The van der Waals surface area contributed by atoms with Crippen LogP contribution in [0.4, 0.5) is 23.7 Å². The first-order valence-electron chi connectivity index (χ1n) is 17.9. The number of hydrogen-bond donors (Lipinski definition) is 1. The minimum Gasteiger partial charge on any atom is -0.466 e. The number of piperazine rings is 1. The van der Waals surface area contributed by atoms with E-state index in [1.54, 1.807) is 40.7 Å². The Labute approximate surface area is 335 Å². The molecule has 5 heterocycles. The van der Waals surface area contributed by atoms with Gasteiger partial charge in [-0.05, 0) is 67.1 Å². The highest BCUT2D eigenvalue weighted by atomic mass is 35.5. The maximum atomic E-state index is 14.2. The third kappa shape index (κ3) is 7.59. The highest BCUT2D eigenvalue weighted by Gasteiger charge is 2.49. The normalized spacial score (nSPS) is 21.4. The first-order chi connectivity index (χ1) is 27.3. The molecule has 57 heavy (non-hydrogen) atoms. The summed E-state index contributed by atoms with van der Waals surface area (Å²) < 4.78 is 79.4. The van der Waals surface area contributed by atoms with Crippen molar-refractivity contribution in [3.63, 3.8) is 0 Å². The number of amides is 2. The van der Waals surface area contributed by atoms with Gasteiger partial charge in [0.1, 0.15) is 23.4 Å². The second kappa shape index (κ2) is 15.4. The maximum absolute atomic E-state index is 14.2. The number of esters is 1. The fourth-order valence-electron chi connectivity index (χ4n) is 7.48. The van der Waals surface area contributed by atoms with Crippen LogP contribution in [0.2, 0.25) is 5.02 Å². The summed E-state index contributed by atoms with van der Waals surface area (Å²) >= 11 is 7.87. The molecule has 3 fully saturated rings. The van der Waals surface area contributed by atoms with Gasteiger partial charge in [0, 0.05) is 79.2 Å². The average molecular weight is 842 g/mol. The molecule has 3 aromatic carbocycles. The van der Waals surface area contributed by atoms with E-state index in [2.05, 4.69) is 15.2 Å². The number of halogens is 4. The molecule has 8 rings (SSSR count). The van der Waals surface area contributed by atoms with E-state index in [0.717, 1.165) is 0 Å². The highest BCUT2D eigenvalue weighted by Crippen LogP contribution is 2.39. The average Bonchev–Trinajstić information content (AvgIpc) is 3.94. The second-order valence-corrected chi connectivity index (χ2v) is 16.9. The molecule has 13 nitrogen and oxygen atoms in total. The number of anilines is 1. The highest BCUT2D eigenvalue weighted by molar-refractivity contribution is 7.89. The number of sulfonamides is 1. The van der Waals surface area contributed by atoms with Crippen molar-refractivity contribution >= 4 is 56.5 Å². The number of rotatable bonds is 10. The van der Waals surface area contributed by atoms with Gasteiger partial charge < -0.3 is 19.7 Å². The van der Waals surface area contributed by atoms with Gasteiger partial charge in [0.2, 0.25) is 10.0 Å². The van der Waals surface area contributed by atoms with E-state index < -0.39 is 40.3 Å². The molecule has 2 atom stereocenters. The van der Waals surface area contributed by atoms with Crippen LogP contribution in [0.15, 0.2) is 99.5 Å². The predicted molar refractivity (Wildman–Crippen MR) is 206 cm³/mol. The van der Waals surface area contributed by atoms with Gasteiger partial charge in [0.05, 0.1) is 23.6 Å². The number of thiazole rings is 1. The van der Waals surface area contributed by atoms with Crippen molar-refractivity contribution in [1.29, 1.82) is 0 Å². The Morgan fingerprint density at radius 3 is 2.42 bits per heavy atom. The van der Waals surface area contributed by atoms with Crippen LogP contribution in [0.5, 0.6) is 11.5 Å². The van der Waals surface area contributed by atoms with Crippen molar-refractivity contribution in [3.8, 4) is 11.5 Å². The summed E-state index contributed by atoms with van der Waals surface area (Å²) in [5.41, 5.74) is 1.84. The Morgan fingerprint density at radius 1 is 1.04 bits per heavy atom. The van der Waals surface area contributed by atoms with E-state index >= 15 is 0 Å². The smallest absolute Gasteiger partial charge is 0.338 e. The number of benzene rings is 3. The number of fused-ring (bicyclic) bond motifs is 1. The van der Waals surface area contributed by atoms with Crippen molar-refractivity contribution < 1.29 is 40.7 Å². The molecule has 1 aromatic heterocycles. The number of nitrogens with zero attached hydrogens (tertiary/aromatic N) is 6. The Balaban J connectivity index is 0.955. The number of carbonyl (C=O) groups is 2. The van der Waals surface area contributed by atoms with Gasteiger partial charge >= 0.3 is 18.0 Å². The summed E-state index contributed by atoms with van der Waals surface area (Å²) in [5, 5.41) is 5.82. The molecule has 19 heteroatoms. The topological polar surface area (TPSA) is 137 Å². The van der Waals surface area contributed by atoms with Gasteiger partial charge in [-0.15, -0.1) is 15.6 Å². The standard InChI is InChI=1S/C38H35ClF3N7O6S2/c1-54-36(50)32-31(44-34(35-43-14-18-56-35)45-33(32)29-12-3-23(40)19-30(29)39)22-46-16-17-47-25(20-46)21-48(37(47)51)24-4-6-26(7-5-24)55-27-8-10-28(11-9-27)57(52,53)49-15-2-13-38(49,41)42/h3-12,14,18-19,25,33H,2,13,15-17,20-22H2,1H3,(H,44,45)/t25-,33-/m0/s1. The minimum atomic E-state index is -4.37. The monoisotopic (exact) mass is 841 g/mol. The molecule has 0 aliphatic carbocycles. The maximum Gasteiger partial charge on any atom is 0.338 e. The summed E-state index contributed by atoms with van der Waals surface area (Å²) in [4.78, 5) is 41.6. The lowest BCUT2D eigenvalue weighted by Crippen LogP contribution is -2.53. The fourth-order valence-corrected chi connectivity index (χ4v) is 9.88. The number of carbonyl (C=O) groups excluding carboxylic acids is 2. The zero-order valence-electron chi connectivity index (χ0n) is 30.3. The zero-order valence-corrected chi connectivity index (χ0v) is 32.7. The molecular formula is C38H35ClF3N7O6S2. The van der Waals surface area contributed by atoms with E-state index in [0.29, 0.717) is 65.5 Å². The third-order valence-electron chi connectivity index (χ3n) is 10.2. The number of aliphatic imine (C=N–C) groups is 1. The number of methoxy groups -OCH3 is 1. The lowest BCUT2D eigenvalue weighted by Gasteiger charge is -2.38. The van der Waals surface area contributed by atoms with E-state index in [4.69, 9.17) is 26.1 Å². The van der Waals surface area contributed by atoms with Crippen LogP contribution in [-0.2, 0) is 19.6 Å². The molecule has 4 aliphatic heterocycles. The molecule has 0 radical (unpaired) electrons. The molecule has 0 saturated carbocycles. The SMILES string of the molecule is COC(=O)C1=C(CN2CCN3C(=O)N(c4ccc(Oc5ccc(S(=O)(=O)N6CCCC6(F)F)cc5)cc4)C[C@@H]3C2)NC(c2nccs2)=N[C@H]1c1ccc(F)cc1Cl. The lowest BCUT2D eigenvalue weighted by molar-refractivity contribution is -0.136. The third-order valence-corrected chi connectivity index (χ3v) is 13.2. The van der Waals surface area contributed by atoms with Crippen LogP contribution in [0.1, 0.15) is 29.5 Å². The Bertz CT molecular complexity index is 2370. The van der Waals surface area contributed by atoms with Crippen LogP contribution in [0, 0.1) is 5.82 Å². The number of aromatic nitrogens is 1. The quantitative estimate of drug-likeness (QED) is 0.145. The summed E-state index contributed by atoms with van der Waals surface area (Å²) in [6, 6.07) is 11.4. The van der Waals surface area contributed by atoms with Gasteiger partial charge in [0.25, 0.3) is 0 Å². The second-order valence-electron chi connectivity index (χ2n) is 13.8. The number of urea groups is 1. The molecule has 0 spiro atoms. The van der Waals surface area contributed by atoms with E-state index in [9.17, 15) is 31.2 Å². The van der Waals surface area contributed by atoms with Crippen LogP contribution in [0.25, 0.3) is 0 Å². The summed E-state index contributed by atoms with van der Waals surface area (Å²) in [7, 11) is -3.09. The van der Waals surface area contributed by atoms with Gasteiger partial charge in [0.15, 0.2) is 10.8 Å². The molecular weight excluding hydrogens is 807 g/mol. The molecule has 2 amide bonds. The summed E-state index contributed by atoms with van der Waals surface area (Å²) in [5.74, 6) is 0.0168. The molecule has 4 aliphatic rings. The minimum absolute atomic E-state index is 0.0858. The fraction of sp³-hybridized carbons (Fsp3) is 0.316. The molecule has 0 bridgehead atoms. The largest absolute Gasteiger partial charge is 0.466 e. The van der Waals surface area contributed by atoms with E-state index in [-0.39, 0.29) is 51.4 Å². The van der Waals surface area contributed by atoms with E-state index in [1.807, 2.05) is 4.90 Å². The molecule has 3 saturated heterocycles. The Morgan fingerprint density at radius 2 is 1.77 bits per heavy atom. The number of hydrogen-bond acceptors (Lipinski definition) is 11. The van der Waals surface area contributed by atoms with Gasteiger partial charge in [-0.25, -0.2) is 27.4 Å². The first-order valence-corrected chi connectivity index (χ1v) is 20.6. The van der Waals surface area contributed by atoms with Crippen molar-refractivity contribution in [1.82, 2.24) is 24.4 Å². The van der Waals surface area contributed by atoms with Gasteiger partial charge in [-0.2, -0.15) is 8.78 Å². The molecule has 1 N–H and O–H groups in total. The van der Waals surface area contributed by atoms with Gasteiger partial charge in [-0.1, -0.05) is 17.7 Å². The zero-order chi connectivity index (χ0) is 40.1. The Kier molecular flexibility index (Phi) is 10.5.